The molecule has 144 valence electrons. The molecule has 0 saturated carbocycles. The van der Waals surface area contributed by atoms with Crippen LogP contribution in [-0.2, 0) is 16.0 Å². The number of hydrogen-bond donors (Lipinski definition) is 1. The van der Waals surface area contributed by atoms with Gasteiger partial charge < -0.3 is 14.8 Å². The second-order valence-corrected chi connectivity index (χ2v) is 8.30. The molecular formula is C20H23ClN2O3S. The van der Waals surface area contributed by atoms with E-state index in [1.165, 1.54) is 4.88 Å². The van der Waals surface area contributed by atoms with Crippen LogP contribution in [0.15, 0.2) is 35.7 Å². The average Bonchev–Trinajstić information content (AvgIpc) is 3.22. The lowest BCUT2D eigenvalue weighted by Gasteiger charge is -2.34. The van der Waals surface area contributed by atoms with Crippen LogP contribution in [0, 0.1) is 5.92 Å². The second-order valence-electron chi connectivity index (χ2n) is 6.89. The maximum atomic E-state index is 12.8. The minimum atomic E-state index is -0.190. The van der Waals surface area contributed by atoms with E-state index in [1.54, 1.807) is 11.3 Å². The van der Waals surface area contributed by atoms with Gasteiger partial charge in [-0.05, 0) is 41.6 Å². The summed E-state index contributed by atoms with van der Waals surface area (Å²) < 4.78 is 11.2. The standard InChI is InChI=1S/C20H23ClN2O3S/c21-16-3-4-18-14(11-16)10-15(13-26-18)20(24)22-12-17(19-2-1-9-27-19)23-5-7-25-8-6-23/h1-4,9,11,15,17H,5-8,10,12-13H2,(H,22,24). The Balaban J connectivity index is 1.39. The fourth-order valence-corrected chi connectivity index (χ4v) is 4.71. The highest BCUT2D eigenvalue weighted by molar-refractivity contribution is 7.10. The van der Waals surface area contributed by atoms with Crippen molar-refractivity contribution in [3.05, 3.63) is 51.2 Å². The Bertz CT molecular complexity index is 778. The largest absolute Gasteiger partial charge is 0.492 e. The normalized spacial score (nSPS) is 21.1. The number of nitrogens with one attached hydrogen (secondary N) is 1. The number of carbonyl (C=O) groups excluding carboxylic acids is 1. The fraction of sp³-hybridized carbons (Fsp3) is 0.450. The summed E-state index contributed by atoms with van der Waals surface area (Å²) in [6.45, 7) is 4.25. The number of carbonyl (C=O) groups is 1. The van der Waals surface area contributed by atoms with Crippen molar-refractivity contribution >= 4 is 28.8 Å². The molecule has 1 N–H and O–H groups in total. The highest BCUT2D eigenvalue weighted by Gasteiger charge is 2.28. The number of amides is 1. The van der Waals surface area contributed by atoms with Gasteiger partial charge in [-0.25, -0.2) is 0 Å². The SMILES string of the molecule is O=C(NCC(c1cccs1)N1CCOCC1)C1COc2ccc(Cl)cc2C1. The van der Waals surface area contributed by atoms with E-state index in [1.807, 2.05) is 18.2 Å². The van der Waals surface area contributed by atoms with E-state index in [-0.39, 0.29) is 17.9 Å². The zero-order valence-corrected chi connectivity index (χ0v) is 16.6. The van der Waals surface area contributed by atoms with Gasteiger partial charge in [-0.1, -0.05) is 17.7 Å². The molecule has 0 spiro atoms. The predicted octanol–water partition coefficient (Wildman–Crippen LogP) is 3.14. The summed E-state index contributed by atoms with van der Waals surface area (Å²) >= 11 is 7.81. The van der Waals surface area contributed by atoms with Crippen LogP contribution < -0.4 is 10.1 Å². The minimum absolute atomic E-state index is 0.0374. The van der Waals surface area contributed by atoms with Crippen LogP contribution in [0.1, 0.15) is 16.5 Å². The van der Waals surface area contributed by atoms with Crippen molar-refractivity contribution < 1.29 is 14.3 Å². The first-order chi connectivity index (χ1) is 13.2. The summed E-state index contributed by atoms with van der Waals surface area (Å²) in [7, 11) is 0. The van der Waals surface area contributed by atoms with Crippen LogP contribution in [-0.4, -0.2) is 50.3 Å². The van der Waals surface area contributed by atoms with Crippen molar-refractivity contribution in [2.45, 2.75) is 12.5 Å². The van der Waals surface area contributed by atoms with Crippen molar-refractivity contribution in [1.29, 1.82) is 0 Å². The highest BCUT2D eigenvalue weighted by atomic mass is 35.5. The number of fused-ring (bicyclic) bond motifs is 1. The maximum Gasteiger partial charge on any atom is 0.226 e. The lowest BCUT2D eigenvalue weighted by atomic mass is 9.96. The van der Waals surface area contributed by atoms with Crippen LogP contribution in [0.2, 0.25) is 5.02 Å². The molecule has 2 aliphatic rings. The van der Waals surface area contributed by atoms with E-state index in [0.717, 1.165) is 37.6 Å². The van der Waals surface area contributed by atoms with Crippen LogP contribution in [0.3, 0.4) is 0 Å². The van der Waals surface area contributed by atoms with E-state index in [2.05, 4.69) is 27.7 Å². The molecule has 2 aromatic rings. The van der Waals surface area contributed by atoms with Crippen molar-refractivity contribution in [2.75, 3.05) is 39.5 Å². The quantitative estimate of drug-likeness (QED) is 0.828. The van der Waals surface area contributed by atoms with Gasteiger partial charge >= 0.3 is 0 Å². The molecule has 2 aliphatic heterocycles. The third kappa shape index (κ3) is 4.46. The summed E-state index contributed by atoms with van der Waals surface area (Å²) in [5.41, 5.74) is 0.997. The Labute approximate surface area is 168 Å². The van der Waals surface area contributed by atoms with Gasteiger partial charge in [0.1, 0.15) is 12.4 Å². The molecule has 0 bridgehead atoms. The second kappa shape index (κ2) is 8.61. The molecule has 27 heavy (non-hydrogen) atoms. The maximum absolute atomic E-state index is 12.8. The number of halogens is 1. The molecule has 1 aromatic heterocycles. The molecule has 5 nitrogen and oxygen atoms in total. The molecule has 1 amide bonds. The lowest BCUT2D eigenvalue weighted by Crippen LogP contribution is -2.45. The average molecular weight is 407 g/mol. The Hall–Kier alpha value is -1.60. The van der Waals surface area contributed by atoms with E-state index in [0.29, 0.717) is 24.6 Å². The molecule has 0 aliphatic carbocycles. The summed E-state index contributed by atoms with van der Waals surface area (Å²) in [5, 5.41) is 5.91. The Morgan fingerprint density at radius 1 is 1.33 bits per heavy atom. The van der Waals surface area contributed by atoms with Gasteiger partial charge in [-0.3, -0.25) is 9.69 Å². The summed E-state index contributed by atoms with van der Waals surface area (Å²) in [6, 6.07) is 9.96. The third-order valence-electron chi connectivity index (χ3n) is 5.13. The minimum Gasteiger partial charge on any atom is -0.492 e. The predicted molar refractivity (Wildman–Crippen MR) is 107 cm³/mol. The number of morpholine rings is 1. The fourth-order valence-electron chi connectivity index (χ4n) is 3.65. The number of benzene rings is 1. The van der Waals surface area contributed by atoms with E-state index in [9.17, 15) is 4.79 Å². The molecule has 1 fully saturated rings. The zero-order valence-electron chi connectivity index (χ0n) is 15.0. The van der Waals surface area contributed by atoms with Crippen molar-refractivity contribution in [3.8, 4) is 5.75 Å². The summed E-state index contributed by atoms with van der Waals surface area (Å²) in [4.78, 5) is 16.4. The summed E-state index contributed by atoms with van der Waals surface area (Å²) in [5.74, 6) is 0.674. The van der Waals surface area contributed by atoms with Gasteiger partial charge in [0, 0.05) is 29.5 Å². The Kier molecular flexibility index (Phi) is 5.98. The molecule has 3 heterocycles. The number of thiophene rings is 1. The lowest BCUT2D eigenvalue weighted by molar-refractivity contribution is -0.126. The van der Waals surface area contributed by atoms with Crippen LogP contribution in [0.4, 0.5) is 0 Å². The summed E-state index contributed by atoms with van der Waals surface area (Å²) in [6.07, 6.45) is 0.656. The first kappa shape index (κ1) is 18.7. The number of rotatable bonds is 5. The molecule has 2 atom stereocenters. The molecule has 1 aromatic carbocycles. The first-order valence-corrected chi connectivity index (χ1v) is 10.5. The molecule has 1 saturated heterocycles. The number of hydrogen-bond acceptors (Lipinski definition) is 5. The van der Waals surface area contributed by atoms with Gasteiger partial charge in [0.05, 0.1) is 25.2 Å². The zero-order chi connectivity index (χ0) is 18.6. The Morgan fingerprint density at radius 3 is 2.96 bits per heavy atom. The monoisotopic (exact) mass is 406 g/mol. The van der Waals surface area contributed by atoms with Gasteiger partial charge in [-0.2, -0.15) is 0 Å². The van der Waals surface area contributed by atoms with Crippen LogP contribution in [0.25, 0.3) is 0 Å². The van der Waals surface area contributed by atoms with E-state index < -0.39 is 0 Å². The molecule has 7 heteroatoms. The smallest absolute Gasteiger partial charge is 0.226 e. The highest BCUT2D eigenvalue weighted by Crippen LogP contribution is 2.30. The Morgan fingerprint density at radius 2 is 2.19 bits per heavy atom. The van der Waals surface area contributed by atoms with Crippen molar-refractivity contribution in [1.82, 2.24) is 10.2 Å². The van der Waals surface area contributed by atoms with Gasteiger partial charge in [0.25, 0.3) is 0 Å². The van der Waals surface area contributed by atoms with Crippen molar-refractivity contribution in [3.63, 3.8) is 0 Å². The van der Waals surface area contributed by atoms with Crippen LogP contribution in [0.5, 0.6) is 5.75 Å². The molecular weight excluding hydrogens is 384 g/mol. The van der Waals surface area contributed by atoms with Crippen molar-refractivity contribution in [2.24, 2.45) is 5.92 Å². The molecule has 0 radical (unpaired) electrons. The van der Waals surface area contributed by atoms with E-state index >= 15 is 0 Å². The van der Waals surface area contributed by atoms with E-state index in [4.69, 9.17) is 21.1 Å². The van der Waals surface area contributed by atoms with Gasteiger partial charge in [0.15, 0.2) is 0 Å². The molecule has 2 unspecified atom stereocenters. The third-order valence-corrected chi connectivity index (χ3v) is 6.34. The van der Waals surface area contributed by atoms with Gasteiger partial charge in [-0.15, -0.1) is 11.3 Å². The first-order valence-electron chi connectivity index (χ1n) is 9.25. The van der Waals surface area contributed by atoms with Crippen LogP contribution >= 0.6 is 22.9 Å². The number of nitrogens with zero attached hydrogens (tertiary/aromatic N) is 1. The number of ether oxygens (including phenoxy) is 2. The molecule has 4 rings (SSSR count). The topological polar surface area (TPSA) is 50.8 Å². The van der Waals surface area contributed by atoms with Gasteiger partial charge in [0.2, 0.25) is 5.91 Å².